The van der Waals surface area contributed by atoms with Gasteiger partial charge >= 0.3 is 0 Å². The summed E-state index contributed by atoms with van der Waals surface area (Å²) in [6, 6.07) is 9.49. The third-order valence-corrected chi connectivity index (χ3v) is 5.75. The van der Waals surface area contributed by atoms with E-state index >= 15 is 0 Å². The average Bonchev–Trinajstić information content (AvgIpc) is 2.73. The van der Waals surface area contributed by atoms with E-state index in [1.807, 2.05) is 0 Å². The first-order valence-corrected chi connectivity index (χ1v) is 10.5. The van der Waals surface area contributed by atoms with Gasteiger partial charge < -0.3 is 14.4 Å². The number of nitrogens with zero attached hydrogens (tertiary/aromatic N) is 2. The van der Waals surface area contributed by atoms with Crippen LogP contribution in [-0.2, 0) is 26.1 Å². The average molecular weight is 405 g/mol. The molecule has 0 unspecified atom stereocenters. The van der Waals surface area contributed by atoms with Crippen molar-refractivity contribution in [2.45, 2.75) is 24.5 Å². The highest BCUT2D eigenvalue weighted by atomic mass is 32.2. The number of ether oxygens (including phenoxy) is 2. The van der Waals surface area contributed by atoms with E-state index < -0.39 is 16.1 Å². The molecule has 9 heteroatoms. The van der Waals surface area contributed by atoms with Gasteiger partial charge in [-0.1, -0.05) is 0 Å². The van der Waals surface area contributed by atoms with E-state index in [0.717, 1.165) is 5.56 Å². The summed E-state index contributed by atoms with van der Waals surface area (Å²) in [4.78, 5) is 18.1. The molecule has 0 aliphatic carbocycles. The van der Waals surface area contributed by atoms with Crippen LogP contribution in [0.1, 0.15) is 12.5 Å². The van der Waals surface area contributed by atoms with Crippen molar-refractivity contribution in [3.8, 4) is 5.75 Å². The topological polar surface area (TPSA) is 97.8 Å². The fourth-order valence-corrected chi connectivity index (χ4v) is 3.77. The first-order chi connectivity index (χ1) is 13.5. The second kappa shape index (κ2) is 9.13. The molecule has 0 saturated carbocycles. The first kappa shape index (κ1) is 20.2. The molecule has 1 aromatic carbocycles. The van der Waals surface area contributed by atoms with Crippen LogP contribution >= 0.6 is 0 Å². The molecule has 1 aromatic heterocycles. The van der Waals surface area contributed by atoms with E-state index in [1.165, 1.54) is 12.1 Å². The Kier molecular flexibility index (Phi) is 6.61. The van der Waals surface area contributed by atoms with Gasteiger partial charge in [-0.25, -0.2) is 13.1 Å². The molecule has 8 nitrogen and oxygen atoms in total. The Morgan fingerprint density at radius 3 is 2.46 bits per heavy atom. The maximum atomic E-state index is 12.4. The lowest BCUT2D eigenvalue weighted by Crippen LogP contribution is -2.46. The van der Waals surface area contributed by atoms with Crippen LogP contribution < -0.4 is 9.46 Å². The van der Waals surface area contributed by atoms with E-state index in [4.69, 9.17) is 9.47 Å². The van der Waals surface area contributed by atoms with Crippen molar-refractivity contribution in [3.05, 3.63) is 54.4 Å². The van der Waals surface area contributed by atoms with E-state index in [-0.39, 0.29) is 17.3 Å². The molecule has 1 saturated heterocycles. The molecule has 1 fully saturated rings. The van der Waals surface area contributed by atoms with Gasteiger partial charge in [0.15, 0.2) is 6.10 Å². The normalized spacial score (nSPS) is 15.8. The van der Waals surface area contributed by atoms with Crippen LogP contribution in [0, 0.1) is 0 Å². The van der Waals surface area contributed by atoms with Crippen LogP contribution in [-0.4, -0.2) is 56.6 Å². The zero-order valence-electron chi connectivity index (χ0n) is 15.6. The van der Waals surface area contributed by atoms with E-state index in [2.05, 4.69) is 9.71 Å². The van der Waals surface area contributed by atoms with E-state index in [0.29, 0.717) is 32.1 Å². The number of carbonyl (C=O) groups excluding carboxylic acids is 1. The van der Waals surface area contributed by atoms with Crippen molar-refractivity contribution < 1.29 is 22.7 Å². The Labute approximate surface area is 164 Å². The van der Waals surface area contributed by atoms with E-state index in [1.54, 1.807) is 48.5 Å². The van der Waals surface area contributed by atoms with Gasteiger partial charge in [-0.2, -0.15) is 0 Å². The number of sulfonamides is 1. The van der Waals surface area contributed by atoms with Crippen LogP contribution in [0.2, 0.25) is 0 Å². The van der Waals surface area contributed by atoms with E-state index in [9.17, 15) is 13.2 Å². The number of nitrogens with one attached hydrogen (secondary N) is 1. The van der Waals surface area contributed by atoms with Gasteiger partial charge in [0, 0.05) is 32.0 Å². The zero-order chi connectivity index (χ0) is 20.0. The lowest BCUT2D eigenvalue weighted by molar-refractivity contribution is -0.142. The van der Waals surface area contributed by atoms with Crippen LogP contribution in [0.4, 0.5) is 0 Å². The van der Waals surface area contributed by atoms with Crippen molar-refractivity contribution in [2.75, 3.05) is 26.3 Å². The van der Waals surface area contributed by atoms with Gasteiger partial charge in [-0.3, -0.25) is 9.78 Å². The molecule has 1 N–H and O–H groups in total. The predicted octanol–water partition coefficient (Wildman–Crippen LogP) is 1.19. The summed E-state index contributed by atoms with van der Waals surface area (Å²) in [6.45, 7) is 4.00. The summed E-state index contributed by atoms with van der Waals surface area (Å²) in [5, 5.41) is 0. The van der Waals surface area contributed by atoms with Crippen molar-refractivity contribution in [1.29, 1.82) is 0 Å². The molecule has 150 valence electrons. The van der Waals surface area contributed by atoms with Gasteiger partial charge in [-0.15, -0.1) is 0 Å². The number of benzene rings is 1. The zero-order valence-corrected chi connectivity index (χ0v) is 16.4. The third-order valence-electron chi connectivity index (χ3n) is 4.33. The predicted molar refractivity (Wildman–Crippen MR) is 102 cm³/mol. The fourth-order valence-electron chi connectivity index (χ4n) is 2.76. The summed E-state index contributed by atoms with van der Waals surface area (Å²) in [5.74, 6) is 0.321. The summed E-state index contributed by atoms with van der Waals surface area (Å²) >= 11 is 0. The molecule has 3 rings (SSSR count). The molecular formula is C19H23N3O5S. The van der Waals surface area contributed by atoms with Crippen LogP contribution in [0.15, 0.2) is 53.7 Å². The van der Waals surface area contributed by atoms with Crippen molar-refractivity contribution in [3.63, 3.8) is 0 Å². The summed E-state index contributed by atoms with van der Waals surface area (Å²) in [5.41, 5.74) is 0.814. The van der Waals surface area contributed by atoms with Crippen molar-refractivity contribution in [2.24, 2.45) is 0 Å². The Morgan fingerprint density at radius 2 is 1.82 bits per heavy atom. The monoisotopic (exact) mass is 405 g/mol. The molecule has 1 aliphatic heterocycles. The van der Waals surface area contributed by atoms with Crippen molar-refractivity contribution in [1.82, 2.24) is 14.6 Å². The van der Waals surface area contributed by atoms with Crippen LogP contribution in [0.25, 0.3) is 0 Å². The van der Waals surface area contributed by atoms with Crippen LogP contribution in [0.3, 0.4) is 0 Å². The number of morpholine rings is 1. The standard InChI is InChI=1S/C19H23N3O5S/c1-15(19(23)22-10-12-26-13-11-22)27-17-2-4-18(5-3-17)28(24,25)21-14-16-6-8-20-9-7-16/h2-9,15,21H,10-14H2,1H3/t15-/m0/s1. The maximum Gasteiger partial charge on any atom is 0.263 e. The van der Waals surface area contributed by atoms with Gasteiger partial charge in [0.25, 0.3) is 5.91 Å². The second-order valence-corrected chi connectivity index (χ2v) is 8.12. The highest BCUT2D eigenvalue weighted by Gasteiger charge is 2.24. The number of pyridine rings is 1. The smallest absolute Gasteiger partial charge is 0.263 e. The Balaban J connectivity index is 1.58. The van der Waals surface area contributed by atoms with Gasteiger partial charge in [-0.05, 0) is 48.9 Å². The minimum Gasteiger partial charge on any atom is -0.481 e. The quantitative estimate of drug-likeness (QED) is 0.743. The molecule has 1 atom stereocenters. The highest BCUT2D eigenvalue weighted by Crippen LogP contribution is 2.18. The lowest BCUT2D eigenvalue weighted by Gasteiger charge is -2.29. The summed E-state index contributed by atoms with van der Waals surface area (Å²) < 4.78 is 38.3. The molecule has 2 heterocycles. The summed E-state index contributed by atoms with van der Waals surface area (Å²) in [6.07, 6.45) is 2.55. The van der Waals surface area contributed by atoms with Gasteiger partial charge in [0.2, 0.25) is 10.0 Å². The molecule has 1 aliphatic rings. The third kappa shape index (κ3) is 5.28. The number of hydrogen-bond donors (Lipinski definition) is 1. The Bertz CT molecular complexity index is 882. The highest BCUT2D eigenvalue weighted by molar-refractivity contribution is 7.89. The van der Waals surface area contributed by atoms with Crippen LogP contribution in [0.5, 0.6) is 5.75 Å². The second-order valence-electron chi connectivity index (χ2n) is 6.35. The summed E-state index contributed by atoms with van der Waals surface area (Å²) in [7, 11) is -3.65. The molecule has 1 amide bonds. The molecule has 0 spiro atoms. The number of rotatable bonds is 7. The molecule has 28 heavy (non-hydrogen) atoms. The SMILES string of the molecule is C[C@H](Oc1ccc(S(=O)(=O)NCc2ccncc2)cc1)C(=O)N1CCOCC1. The largest absolute Gasteiger partial charge is 0.481 e. The molecule has 2 aromatic rings. The number of aromatic nitrogens is 1. The minimum atomic E-state index is -3.65. The Hall–Kier alpha value is -2.49. The lowest BCUT2D eigenvalue weighted by atomic mass is 10.3. The Morgan fingerprint density at radius 1 is 1.18 bits per heavy atom. The number of hydrogen-bond acceptors (Lipinski definition) is 6. The van der Waals surface area contributed by atoms with Gasteiger partial charge in [0.05, 0.1) is 18.1 Å². The van der Waals surface area contributed by atoms with Crippen molar-refractivity contribution >= 4 is 15.9 Å². The molecule has 0 bridgehead atoms. The fraction of sp³-hybridized carbons (Fsp3) is 0.368. The molecular weight excluding hydrogens is 382 g/mol. The number of amides is 1. The first-order valence-electron chi connectivity index (χ1n) is 8.97. The number of carbonyl (C=O) groups is 1. The van der Waals surface area contributed by atoms with Gasteiger partial charge in [0.1, 0.15) is 5.75 Å². The molecule has 0 radical (unpaired) electrons. The maximum absolute atomic E-state index is 12.4. The minimum absolute atomic E-state index is 0.112.